The number of carbonyl (C=O) groups excluding carboxylic acids is 2. The zero-order valence-electron chi connectivity index (χ0n) is 11.5. The highest BCUT2D eigenvalue weighted by Crippen LogP contribution is 2.21. The number of methoxy groups -OCH3 is 1. The lowest BCUT2D eigenvalue weighted by molar-refractivity contribution is 0.0602. The number of benzene rings is 1. The van der Waals surface area contributed by atoms with Crippen LogP contribution in [0.2, 0.25) is 0 Å². The predicted molar refractivity (Wildman–Crippen MR) is 79.5 cm³/mol. The molecule has 0 saturated heterocycles. The maximum Gasteiger partial charge on any atom is 0.339 e. The Labute approximate surface area is 121 Å². The lowest BCUT2D eigenvalue weighted by atomic mass is 10.1. The molecule has 2 aromatic rings. The van der Waals surface area contributed by atoms with Crippen molar-refractivity contribution in [2.24, 2.45) is 0 Å². The summed E-state index contributed by atoms with van der Waals surface area (Å²) in [5, 5.41) is 2.75. The lowest BCUT2D eigenvalue weighted by Crippen LogP contribution is -2.14. The minimum Gasteiger partial charge on any atom is -0.465 e. The van der Waals surface area contributed by atoms with Crippen molar-refractivity contribution in [1.29, 1.82) is 0 Å². The average Bonchev–Trinajstić information content (AvgIpc) is 2.86. The van der Waals surface area contributed by atoms with E-state index in [1.54, 1.807) is 18.2 Å². The molecule has 4 nitrogen and oxygen atoms in total. The summed E-state index contributed by atoms with van der Waals surface area (Å²) in [6.45, 7) is 3.81. The van der Waals surface area contributed by atoms with Gasteiger partial charge in [0.1, 0.15) is 0 Å². The summed E-state index contributed by atoms with van der Waals surface area (Å²) >= 11 is 1.41. The number of hydrogen-bond donors (Lipinski definition) is 1. The van der Waals surface area contributed by atoms with Crippen LogP contribution in [-0.2, 0) is 4.74 Å². The molecule has 1 amide bonds. The van der Waals surface area contributed by atoms with Gasteiger partial charge in [-0.1, -0.05) is 11.6 Å². The van der Waals surface area contributed by atoms with Crippen LogP contribution < -0.4 is 5.32 Å². The zero-order chi connectivity index (χ0) is 14.7. The van der Waals surface area contributed by atoms with Crippen LogP contribution in [0.5, 0.6) is 0 Å². The third-order valence-electron chi connectivity index (χ3n) is 2.79. The second kappa shape index (κ2) is 5.88. The minimum atomic E-state index is -0.466. The number of anilines is 1. The van der Waals surface area contributed by atoms with Gasteiger partial charge in [0.15, 0.2) is 0 Å². The van der Waals surface area contributed by atoms with Crippen molar-refractivity contribution in [3.8, 4) is 0 Å². The summed E-state index contributed by atoms with van der Waals surface area (Å²) in [5.74, 6) is -0.691. The Hall–Kier alpha value is -2.14. The van der Waals surface area contributed by atoms with Crippen LogP contribution in [-0.4, -0.2) is 19.0 Å². The number of thiophene rings is 1. The molecule has 1 aromatic carbocycles. The van der Waals surface area contributed by atoms with Gasteiger partial charge in [0.25, 0.3) is 5.91 Å². The van der Waals surface area contributed by atoms with Gasteiger partial charge in [-0.2, -0.15) is 0 Å². The van der Waals surface area contributed by atoms with E-state index in [4.69, 9.17) is 4.74 Å². The molecule has 1 aromatic heterocycles. The van der Waals surface area contributed by atoms with E-state index >= 15 is 0 Å². The first kappa shape index (κ1) is 14.3. The number of amides is 1. The molecule has 2 rings (SSSR count). The minimum absolute atomic E-state index is 0.225. The van der Waals surface area contributed by atoms with E-state index in [2.05, 4.69) is 5.32 Å². The first-order valence-corrected chi connectivity index (χ1v) is 6.89. The molecule has 0 radical (unpaired) electrons. The van der Waals surface area contributed by atoms with Gasteiger partial charge in [0.2, 0.25) is 0 Å². The van der Waals surface area contributed by atoms with E-state index in [0.29, 0.717) is 16.1 Å². The Kier molecular flexibility index (Phi) is 4.20. The fourth-order valence-electron chi connectivity index (χ4n) is 1.79. The van der Waals surface area contributed by atoms with E-state index in [-0.39, 0.29) is 5.91 Å². The van der Waals surface area contributed by atoms with Gasteiger partial charge in [0.05, 0.1) is 23.2 Å². The highest BCUT2D eigenvalue weighted by atomic mass is 32.1. The molecule has 0 unspecified atom stereocenters. The van der Waals surface area contributed by atoms with Crippen LogP contribution in [0.3, 0.4) is 0 Å². The van der Waals surface area contributed by atoms with Gasteiger partial charge in [-0.05, 0) is 38.1 Å². The smallest absolute Gasteiger partial charge is 0.339 e. The largest absolute Gasteiger partial charge is 0.465 e. The number of esters is 1. The van der Waals surface area contributed by atoms with Crippen LogP contribution >= 0.6 is 11.3 Å². The Morgan fingerprint density at radius 2 is 1.90 bits per heavy atom. The van der Waals surface area contributed by atoms with E-state index < -0.39 is 5.97 Å². The predicted octanol–water partition coefficient (Wildman–Crippen LogP) is 3.40. The normalized spacial score (nSPS) is 10.2. The van der Waals surface area contributed by atoms with Crippen LogP contribution in [0, 0.1) is 13.8 Å². The van der Waals surface area contributed by atoms with E-state index in [1.165, 1.54) is 18.4 Å². The van der Waals surface area contributed by atoms with Gasteiger partial charge in [-0.25, -0.2) is 4.79 Å². The zero-order valence-corrected chi connectivity index (χ0v) is 12.3. The Morgan fingerprint density at radius 1 is 1.15 bits per heavy atom. The lowest BCUT2D eigenvalue weighted by Gasteiger charge is -2.10. The number of hydrogen-bond acceptors (Lipinski definition) is 4. The third kappa shape index (κ3) is 3.05. The number of rotatable bonds is 3. The highest BCUT2D eigenvalue weighted by Gasteiger charge is 2.15. The summed E-state index contributed by atoms with van der Waals surface area (Å²) in [6.07, 6.45) is 0. The number of carbonyl (C=O) groups is 2. The molecule has 5 heteroatoms. The monoisotopic (exact) mass is 289 g/mol. The van der Waals surface area contributed by atoms with E-state index in [0.717, 1.165) is 10.4 Å². The van der Waals surface area contributed by atoms with Crippen LogP contribution in [0.25, 0.3) is 0 Å². The SMILES string of the molecule is COC(=O)c1cc(C)ccc1NC(=O)c1ccc(C)s1. The molecule has 0 fully saturated rings. The maximum absolute atomic E-state index is 12.1. The first-order valence-electron chi connectivity index (χ1n) is 6.08. The summed E-state index contributed by atoms with van der Waals surface area (Å²) in [7, 11) is 1.32. The molecule has 1 N–H and O–H groups in total. The number of nitrogens with one attached hydrogen (secondary N) is 1. The molecule has 1 heterocycles. The van der Waals surface area contributed by atoms with Crippen molar-refractivity contribution >= 4 is 28.9 Å². The van der Waals surface area contributed by atoms with Crippen molar-refractivity contribution in [3.63, 3.8) is 0 Å². The molecule has 104 valence electrons. The molecule has 0 spiro atoms. The summed E-state index contributed by atoms with van der Waals surface area (Å²) < 4.78 is 4.74. The fraction of sp³-hybridized carbons (Fsp3) is 0.200. The molecule has 0 aliphatic rings. The van der Waals surface area contributed by atoms with Crippen LogP contribution in [0.4, 0.5) is 5.69 Å². The molecule has 0 bridgehead atoms. The Morgan fingerprint density at radius 3 is 2.50 bits per heavy atom. The fourth-order valence-corrected chi connectivity index (χ4v) is 2.55. The summed E-state index contributed by atoms with van der Waals surface area (Å²) in [6, 6.07) is 8.89. The van der Waals surface area contributed by atoms with E-state index in [1.807, 2.05) is 26.0 Å². The van der Waals surface area contributed by atoms with Gasteiger partial charge in [0, 0.05) is 4.88 Å². The topological polar surface area (TPSA) is 55.4 Å². The maximum atomic E-state index is 12.1. The Bertz CT molecular complexity index is 661. The highest BCUT2D eigenvalue weighted by molar-refractivity contribution is 7.14. The van der Waals surface area contributed by atoms with Crippen molar-refractivity contribution in [2.75, 3.05) is 12.4 Å². The second-order valence-electron chi connectivity index (χ2n) is 4.41. The van der Waals surface area contributed by atoms with Gasteiger partial charge in [-0.3, -0.25) is 4.79 Å². The van der Waals surface area contributed by atoms with Gasteiger partial charge in [-0.15, -0.1) is 11.3 Å². The average molecular weight is 289 g/mol. The van der Waals surface area contributed by atoms with Gasteiger partial charge < -0.3 is 10.1 Å². The van der Waals surface area contributed by atoms with Crippen molar-refractivity contribution < 1.29 is 14.3 Å². The molecular weight excluding hydrogens is 274 g/mol. The second-order valence-corrected chi connectivity index (χ2v) is 5.69. The summed E-state index contributed by atoms with van der Waals surface area (Å²) in [4.78, 5) is 25.5. The molecule has 0 saturated carbocycles. The molecule has 0 atom stereocenters. The quantitative estimate of drug-likeness (QED) is 0.881. The van der Waals surface area contributed by atoms with Crippen LogP contribution in [0.1, 0.15) is 30.5 Å². The standard InChI is InChI=1S/C15H15NO3S/c1-9-4-6-12(11(8-9)15(18)19-3)16-14(17)13-7-5-10(2)20-13/h4-8H,1-3H3,(H,16,17). The third-order valence-corrected chi connectivity index (χ3v) is 3.79. The van der Waals surface area contributed by atoms with E-state index in [9.17, 15) is 9.59 Å². The number of ether oxygens (including phenoxy) is 1. The Balaban J connectivity index is 2.29. The van der Waals surface area contributed by atoms with Crippen molar-refractivity contribution in [2.45, 2.75) is 13.8 Å². The van der Waals surface area contributed by atoms with Crippen molar-refractivity contribution in [1.82, 2.24) is 0 Å². The molecular formula is C15H15NO3S. The van der Waals surface area contributed by atoms with Crippen molar-refractivity contribution in [3.05, 3.63) is 51.2 Å². The number of aryl methyl sites for hydroxylation is 2. The molecule has 0 aliphatic carbocycles. The molecule has 20 heavy (non-hydrogen) atoms. The van der Waals surface area contributed by atoms with Crippen LogP contribution in [0.15, 0.2) is 30.3 Å². The first-order chi connectivity index (χ1) is 9.51. The summed E-state index contributed by atoms with van der Waals surface area (Å²) in [5.41, 5.74) is 1.74. The van der Waals surface area contributed by atoms with Gasteiger partial charge >= 0.3 is 5.97 Å². The molecule has 0 aliphatic heterocycles.